The number of benzene rings is 1. The number of halogens is 2. The van der Waals surface area contributed by atoms with Gasteiger partial charge in [-0.25, -0.2) is 13.8 Å². The Kier molecular flexibility index (Phi) is 4.63. The molecular weight excluding hydrogens is 332 g/mol. The van der Waals surface area contributed by atoms with Crippen LogP contribution in [0.4, 0.5) is 8.78 Å². The molecule has 0 spiro atoms. The highest BCUT2D eigenvalue weighted by Gasteiger charge is 2.41. The van der Waals surface area contributed by atoms with Crippen LogP contribution in [0, 0.1) is 0 Å². The van der Waals surface area contributed by atoms with Gasteiger partial charge >= 0.3 is 0 Å². The Bertz CT molecular complexity index is 823. The molecule has 1 aliphatic rings. The number of hydrogen-bond acceptors (Lipinski definition) is 4. The molecule has 1 aliphatic heterocycles. The molecule has 1 amide bonds. The third-order valence-electron chi connectivity index (χ3n) is 3.99. The molecule has 3 rings (SSSR count). The van der Waals surface area contributed by atoms with Crippen molar-refractivity contribution in [3.63, 3.8) is 0 Å². The van der Waals surface area contributed by atoms with Gasteiger partial charge < -0.3 is 10.0 Å². The lowest BCUT2D eigenvalue weighted by Gasteiger charge is -2.35. The zero-order valence-corrected chi connectivity index (χ0v) is 13.3. The number of hydrogen-bond donors (Lipinski definition) is 1. The van der Waals surface area contributed by atoms with Gasteiger partial charge in [0, 0.05) is 24.6 Å². The first-order valence-electron chi connectivity index (χ1n) is 7.80. The summed E-state index contributed by atoms with van der Waals surface area (Å²) in [7, 11) is 0. The van der Waals surface area contributed by atoms with Gasteiger partial charge in [0.15, 0.2) is 0 Å². The number of rotatable bonds is 3. The molecular formula is C17H17F2N3O3. The van der Waals surface area contributed by atoms with Crippen LogP contribution in [-0.2, 0) is 11.3 Å². The second-order valence-electron chi connectivity index (χ2n) is 6.09. The van der Waals surface area contributed by atoms with Crippen molar-refractivity contribution in [3.8, 4) is 11.3 Å². The first-order valence-corrected chi connectivity index (χ1v) is 7.80. The molecule has 1 fully saturated rings. The fourth-order valence-corrected chi connectivity index (χ4v) is 2.82. The number of likely N-dealkylation sites (tertiary alicyclic amines) is 1. The Labute approximate surface area is 142 Å². The molecule has 8 heteroatoms. The first-order chi connectivity index (χ1) is 11.8. The predicted octanol–water partition coefficient (Wildman–Crippen LogP) is 1.14. The molecule has 1 saturated heterocycles. The van der Waals surface area contributed by atoms with Crippen LogP contribution in [0.15, 0.2) is 47.5 Å². The van der Waals surface area contributed by atoms with Crippen LogP contribution in [0.5, 0.6) is 0 Å². The van der Waals surface area contributed by atoms with E-state index in [1.165, 1.54) is 12.4 Å². The Morgan fingerprint density at radius 3 is 2.68 bits per heavy atom. The quantitative estimate of drug-likeness (QED) is 0.902. The van der Waals surface area contributed by atoms with Gasteiger partial charge in [0.05, 0.1) is 24.7 Å². The van der Waals surface area contributed by atoms with Crippen LogP contribution in [0.25, 0.3) is 11.3 Å². The second kappa shape index (κ2) is 6.72. The molecule has 1 N–H and O–H groups in total. The Morgan fingerprint density at radius 1 is 1.32 bits per heavy atom. The first kappa shape index (κ1) is 17.2. The molecule has 0 saturated carbocycles. The van der Waals surface area contributed by atoms with E-state index in [1.54, 1.807) is 12.1 Å². The summed E-state index contributed by atoms with van der Waals surface area (Å²) in [5.74, 6) is -3.79. The Morgan fingerprint density at radius 2 is 2.04 bits per heavy atom. The number of aliphatic hydroxyl groups is 1. The third kappa shape index (κ3) is 4.08. The highest BCUT2D eigenvalue weighted by Crippen LogP contribution is 2.27. The van der Waals surface area contributed by atoms with Gasteiger partial charge in [-0.2, -0.15) is 0 Å². The summed E-state index contributed by atoms with van der Waals surface area (Å²) in [4.78, 5) is 29.4. The summed E-state index contributed by atoms with van der Waals surface area (Å²) in [6.45, 7) is -1.32. The van der Waals surface area contributed by atoms with E-state index in [9.17, 15) is 23.5 Å². The molecule has 132 valence electrons. The lowest BCUT2D eigenvalue weighted by Crippen LogP contribution is -2.52. The molecule has 0 radical (unpaired) electrons. The van der Waals surface area contributed by atoms with Gasteiger partial charge in [-0.05, 0) is 0 Å². The van der Waals surface area contributed by atoms with Crippen molar-refractivity contribution in [2.24, 2.45) is 0 Å². The number of alkyl halides is 2. The SMILES string of the molecule is O=C(Cn1cnc(-c2ccccc2)cc1=O)N1CC(O)CC(F)(F)C1. The summed E-state index contributed by atoms with van der Waals surface area (Å²) in [6, 6.07) is 10.4. The number of carbonyl (C=O) groups excluding carboxylic acids is 1. The van der Waals surface area contributed by atoms with E-state index >= 15 is 0 Å². The highest BCUT2D eigenvalue weighted by atomic mass is 19.3. The van der Waals surface area contributed by atoms with Crippen molar-refractivity contribution in [3.05, 3.63) is 53.1 Å². The van der Waals surface area contributed by atoms with Crippen LogP contribution >= 0.6 is 0 Å². The molecule has 1 aromatic carbocycles. The minimum Gasteiger partial charge on any atom is -0.391 e. The maximum absolute atomic E-state index is 13.5. The van der Waals surface area contributed by atoms with E-state index in [-0.39, 0.29) is 6.54 Å². The number of carbonyl (C=O) groups is 1. The predicted molar refractivity (Wildman–Crippen MR) is 86.1 cm³/mol. The summed E-state index contributed by atoms with van der Waals surface area (Å²) < 4.78 is 28.0. The molecule has 1 atom stereocenters. The van der Waals surface area contributed by atoms with E-state index in [4.69, 9.17) is 0 Å². The monoisotopic (exact) mass is 349 g/mol. The normalized spacial score (nSPS) is 19.6. The van der Waals surface area contributed by atoms with E-state index in [0.717, 1.165) is 15.0 Å². The average molecular weight is 349 g/mol. The Hall–Kier alpha value is -2.61. The summed E-state index contributed by atoms with van der Waals surface area (Å²) in [5.41, 5.74) is 0.776. The number of aromatic nitrogens is 2. The molecule has 1 unspecified atom stereocenters. The lowest BCUT2D eigenvalue weighted by atomic mass is 10.0. The number of aliphatic hydroxyl groups excluding tert-OH is 1. The fourth-order valence-electron chi connectivity index (χ4n) is 2.82. The van der Waals surface area contributed by atoms with Crippen molar-refractivity contribution < 1.29 is 18.7 Å². The van der Waals surface area contributed by atoms with Crippen LogP contribution in [0.2, 0.25) is 0 Å². The van der Waals surface area contributed by atoms with E-state index in [2.05, 4.69) is 4.98 Å². The molecule has 2 heterocycles. The zero-order valence-electron chi connectivity index (χ0n) is 13.3. The van der Waals surface area contributed by atoms with Gasteiger partial charge in [0.1, 0.15) is 6.54 Å². The molecule has 6 nitrogen and oxygen atoms in total. The van der Waals surface area contributed by atoms with Crippen LogP contribution in [0.3, 0.4) is 0 Å². The van der Waals surface area contributed by atoms with Crippen LogP contribution in [0.1, 0.15) is 6.42 Å². The van der Waals surface area contributed by atoms with E-state index in [0.29, 0.717) is 5.69 Å². The van der Waals surface area contributed by atoms with Crippen molar-refractivity contribution in [1.82, 2.24) is 14.5 Å². The maximum Gasteiger partial charge on any atom is 0.267 e. The van der Waals surface area contributed by atoms with Gasteiger partial charge in [-0.3, -0.25) is 14.2 Å². The minimum atomic E-state index is -3.13. The largest absolute Gasteiger partial charge is 0.391 e. The molecule has 0 bridgehead atoms. The highest BCUT2D eigenvalue weighted by molar-refractivity contribution is 5.76. The van der Waals surface area contributed by atoms with Crippen molar-refractivity contribution in [2.45, 2.75) is 25.0 Å². The smallest absolute Gasteiger partial charge is 0.267 e. The van der Waals surface area contributed by atoms with Gasteiger partial charge in [-0.15, -0.1) is 0 Å². The molecule has 2 aromatic rings. The van der Waals surface area contributed by atoms with Crippen molar-refractivity contribution in [1.29, 1.82) is 0 Å². The van der Waals surface area contributed by atoms with Gasteiger partial charge in [0.2, 0.25) is 5.91 Å². The van der Waals surface area contributed by atoms with Gasteiger partial charge in [0.25, 0.3) is 11.5 Å². The summed E-state index contributed by atoms with van der Waals surface area (Å²) in [6.07, 6.45) is -0.714. The van der Waals surface area contributed by atoms with Crippen molar-refractivity contribution in [2.75, 3.05) is 13.1 Å². The molecule has 1 aromatic heterocycles. The van der Waals surface area contributed by atoms with E-state index < -0.39 is 43.0 Å². The fraction of sp³-hybridized carbons (Fsp3) is 0.353. The summed E-state index contributed by atoms with van der Waals surface area (Å²) >= 11 is 0. The molecule has 0 aliphatic carbocycles. The number of piperidine rings is 1. The van der Waals surface area contributed by atoms with Crippen LogP contribution < -0.4 is 5.56 Å². The van der Waals surface area contributed by atoms with Crippen molar-refractivity contribution >= 4 is 5.91 Å². The summed E-state index contributed by atoms with van der Waals surface area (Å²) in [5, 5.41) is 9.49. The number of β-amino-alcohol motifs (C(OH)–C–C–N with tert-alkyl or cyclic N) is 1. The standard InChI is InChI=1S/C17H17F2N3O3/c18-17(19)7-13(23)8-21(10-17)16(25)9-22-11-20-14(6-15(22)24)12-4-2-1-3-5-12/h1-6,11,13,23H,7-10H2. The second-order valence-corrected chi connectivity index (χ2v) is 6.09. The molecule has 25 heavy (non-hydrogen) atoms. The van der Waals surface area contributed by atoms with Gasteiger partial charge in [-0.1, -0.05) is 30.3 Å². The maximum atomic E-state index is 13.5. The van der Waals surface area contributed by atoms with Crippen LogP contribution in [-0.4, -0.2) is 50.6 Å². The zero-order chi connectivity index (χ0) is 18.0. The number of amides is 1. The Balaban J connectivity index is 1.75. The topological polar surface area (TPSA) is 75.4 Å². The van der Waals surface area contributed by atoms with E-state index in [1.807, 2.05) is 18.2 Å². The minimum absolute atomic E-state index is 0.168. The average Bonchev–Trinajstić information content (AvgIpc) is 2.55. The third-order valence-corrected chi connectivity index (χ3v) is 3.99. The lowest BCUT2D eigenvalue weighted by molar-refractivity contribution is -0.151. The number of nitrogens with zero attached hydrogens (tertiary/aromatic N) is 3.